The molecule has 0 bridgehead atoms. The Labute approximate surface area is 113 Å². The zero-order valence-corrected chi connectivity index (χ0v) is 11.7. The zero-order valence-electron chi connectivity index (χ0n) is 10.1. The Balaban J connectivity index is 3.09. The third kappa shape index (κ3) is 3.53. The molecule has 0 aromatic heterocycles. The van der Waals surface area contributed by atoms with Crippen LogP contribution < -0.4 is 5.73 Å². The van der Waals surface area contributed by atoms with Gasteiger partial charge >= 0.3 is 0 Å². The molecule has 98 valence electrons. The number of hydrogen-bond acceptors (Lipinski definition) is 2. The first-order valence-electron chi connectivity index (χ1n) is 5.37. The van der Waals surface area contributed by atoms with Crippen LogP contribution in [0, 0.1) is 5.82 Å². The van der Waals surface area contributed by atoms with E-state index in [1.807, 2.05) is 0 Å². The molecule has 1 aromatic rings. The van der Waals surface area contributed by atoms with E-state index in [2.05, 4.69) is 15.9 Å². The van der Waals surface area contributed by atoms with E-state index in [1.54, 1.807) is 13.8 Å². The number of carbonyl (C=O) groups excluding carboxylic acids is 2. The smallest absolute Gasteiger partial charge is 0.257 e. The minimum atomic E-state index is -0.632. The predicted molar refractivity (Wildman–Crippen MR) is 69.5 cm³/mol. The summed E-state index contributed by atoms with van der Waals surface area (Å²) >= 11 is 3.17. The van der Waals surface area contributed by atoms with Crippen molar-refractivity contribution < 1.29 is 14.0 Å². The lowest BCUT2D eigenvalue weighted by Crippen LogP contribution is -2.43. The minimum Gasteiger partial charge on any atom is -0.368 e. The fraction of sp³-hybridized carbons (Fsp3) is 0.333. The van der Waals surface area contributed by atoms with Gasteiger partial charge in [-0.05, 0) is 32.0 Å². The van der Waals surface area contributed by atoms with Crippen molar-refractivity contribution in [1.82, 2.24) is 4.90 Å². The lowest BCUT2D eigenvalue weighted by atomic mass is 10.1. The Hall–Kier alpha value is -1.43. The normalized spacial score (nSPS) is 10.5. The van der Waals surface area contributed by atoms with Crippen molar-refractivity contribution in [3.8, 4) is 0 Å². The minimum absolute atomic E-state index is 0.0840. The van der Waals surface area contributed by atoms with Crippen molar-refractivity contribution in [2.45, 2.75) is 19.9 Å². The monoisotopic (exact) mass is 316 g/mol. The summed E-state index contributed by atoms with van der Waals surface area (Å²) in [6.07, 6.45) is 0. The highest BCUT2D eigenvalue weighted by molar-refractivity contribution is 9.10. The van der Waals surface area contributed by atoms with Crippen molar-refractivity contribution in [2.75, 3.05) is 6.54 Å². The quantitative estimate of drug-likeness (QED) is 0.922. The highest BCUT2D eigenvalue weighted by Gasteiger charge is 2.23. The van der Waals surface area contributed by atoms with E-state index >= 15 is 0 Å². The van der Waals surface area contributed by atoms with Gasteiger partial charge in [0, 0.05) is 10.5 Å². The van der Waals surface area contributed by atoms with E-state index in [0.717, 1.165) is 0 Å². The Morgan fingerprint density at radius 3 is 2.56 bits per heavy atom. The van der Waals surface area contributed by atoms with Crippen molar-refractivity contribution in [2.24, 2.45) is 5.73 Å². The maximum Gasteiger partial charge on any atom is 0.257 e. The second kappa shape index (κ2) is 5.95. The van der Waals surface area contributed by atoms with Crippen LogP contribution in [0.5, 0.6) is 0 Å². The van der Waals surface area contributed by atoms with Crippen LogP contribution in [0.4, 0.5) is 4.39 Å². The Morgan fingerprint density at radius 2 is 2.06 bits per heavy atom. The molecule has 0 radical (unpaired) electrons. The van der Waals surface area contributed by atoms with Gasteiger partial charge in [-0.2, -0.15) is 0 Å². The number of amides is 2. The SMILES string of the molecule is CC(C)N(CC(N)=O)C(=O)c1cc(Br)ccc1F. The topological polar surface area (TPSA) is 63.4 Å². The summed E-state index contributed by atoms with van der Waals surface area (Å²) in [6, 6.07) is 3.83. The molecular formula is C12H14BrFN2O2. The zero-order chi connectivity index (χ0) is 13.9. The highest BCUT2D eigenvalue weighted by atomic mass is 79.9. The van der Waals surface area contributed by atoms with E-state index in [-0.39, 0.29) is 18.2 Å². The summed E-state index contributed by atoms with van der Waals surface area (Å²) in [4.78, 5) is 24.3. The van der Waals surface area contributed by atoms with Gasteiger partial charge in [-0.1, -0.05) is 15.9 Å². The van der Waals surface area contributed by atoms with E-state index in [0.29, 0.717) is 4.47 Å². The van der Waals surface area contributed by atoms with E-state index in [1.165, 1.54) is 23.1 Å². The van der Waals surface area contributed by atoms with Gasteiger partial charge in [0.05, 0.1) is 12.1 Å². The number of benzene rings is 1. The van der Waals surface area contributed by atoms with Gasteiger partial charge in [-0.25, -0.2) is 4.39 Å². The number of hydrogen-bond donors (Lipinski definition) is 1. The molecule has 0 saturated heterocycles. The van der Waals surface area contributed by atoms with Crippen LogP contribution in [-0.4, -0.2) is 29.3 Å². The summed E-state index contributed by atoms with van der Waals surface area (Å²) in [5.74, 6) is -1.81. The van der Waals surface area contributed by atoms with Crippen LogP contribution in [0.2, 0.25) is 0 Å². The largest absolute Gasteiger partial charge is 0.368 e. The molecule has 1 rings (SSSR count). The molecule has 0 fully saturated rings. The molecule has 0 saturated carbocycles. The molecule has 0 aliphatic heterocycles. The summed E-state index contributed by atoms with van der Waals surface area (Å²) in [7, 11) is 0. The van der Waals surface area contributed by atoms with E-state index in [9.17, 15) is 14.0 Å². The van der Waals surface area contributed by atoms with Crippen molar-refractivity contribution >= 4 is 27.7 Å². The van der Waals surface area contributed by atoms with Gasteiger partial charge in [-0.3, -0.25) is 9.59 Å². The van der Waals surface area contributed by atoms with Crippen LogP contribution in [0.3, 0.4) is 0 Å². The predicted octanol–water partition coefficient (Wildman–Crippen LogP) is 1.92. The van der Waals surface area contributed by atoms with Crippen LogP contribution >= 0.6 is 15.9 Å². The second-order valence-electron chi connectivity index (χ2n) is 4.12. The van der Waals surface area contributed by atoms with Crippen LogP contribution in [0.25, 0.3) is 0 Å². The van der Waals surface area contributed by atoms with Crippen LogP contribution in [0.1, 0.15) is 24.2 Å². The Morgan fingerprint density at radius 1 is 1.44 bits per heavy atom. The maximum atomic E-state index is 13.6. The highest BCUT2D eigenvalue weighted by Crippen LogP contribution is 2.18. The molecule has 0 unspecified atom stereocenters. The first kappa shape index (κ1) is 14.6. The summed E-state index contributed by atoms with van der Waals surface area (Å²) in [6.45, 7) is 3.23. The summed E-state index contributed by atoms with van der Waals surface area (Å²) in [5, 5.41) is 0. The number of nitrogens with zero attached hydrogens (tertiary/aromatic N) is 1. The van der Waals surface area contributed by atoms with Gasteiger partial charge < -0.3 is 10.6 Å². The molecule has 0 atom stereocenters. The third-order valence-electron chi connectivity index (χ3n) is 2.37. The van der Waals surface area contributed by atoms with Crippen molar-refractivity contribution in [1.29, 1.82) is 0 Å². The van der Waals surface area contributed by atoms with E-state index in [4.69, 9.17) is 5.73 Å². The Kier molecular flexibility index (Phi) is 4.84. The molecule has 0 aliphatic carbocycles. The van der Waals surface area contributed by atoms with Gasteiger partial charge in [0.2, 0.25) is 5.91 Å². The number of primary amides is 1. The second-order valence-corrected chi connectivity index (χ2v) is 5.03. The number of rotatable bonds is 4. The number of nitrogens with two attached hydrogens (primary N) is 1. The molecule has 0 aliphatic rings. The van der Waals surface area contributed by atoms with Crippen LogP contribution in [-0.2, 0) is 4.79 Å². The molecule has 0 spiro atoms. The maximum absolute atomic E-state index is 13.6. The van der Waals surface area contributed by atoms with Gasteiger partial charge in [0.25, 0.3) is 5.91 Å². The molecule has 1 aromatic carbocycles. The molecule has 18 heavy (non-hydrogen) atoms. The Bertz CT molecular complexity index is 477. The molecule has 2 N–H and O–H groups in total. The first-order chi connectivity index (χ1) is 8.32. The molecule has 4 nitrogen and oxygen atoms in total. The van der Waals surface area contributed by atoms with E-state index < -0.39 is 17.6 Å². The average molecular weight is 317 g/mol. The van der Waals surface area contributed by atoms with Crippen LogP contribution in [0.15, 0.2) is 22.7 Å². The molecule has 6 heteroatoms. The fourth-order valence-electron chi connectivity index (χ4n) is 1.47. The molecule has 2 amide bonds. The molecule has 0 heterocycles. The van der Waals surface area contributed by atoms with Crippen molar-refractivity contribution in [3.63, 3.8) is 0 Å². The third-order valence-corrected chi connectivity index (χ3v) is 2.86. The fourth-order valence-corrected chi connectivity index (χ4v) is 1.83. The van der Waals surface area contributed by atoms with Crippen molar-refractivity contribution in [3.05, 3.63) is 34.1 Å². The lowest BCUT2D eigenvalue weighted by Gasteiger charge is -2.25. The molecular weight excluding hydrogens is 303 g/mol. The van der Waals surface area contributed by atoms with Gasteiger partial charge in [-0.15, -0.1) is 0 Å². The number of halogens is 2. The summed E-state index contributed by atoms with van der Waals surface area (Å²) < 4.78 is 14.2. The number of carbonyl (C=O) groups is 2. The lowest BCUT2D eigenvalue weighted by molar-refractivity contribution is -0.119. The first-order valence-corrected chi connectivity index (χ1v) is 6.16. The van der Waals surface area contributed by atoms with Gasteiger partial charge in [0.15, 0.2) is 0 Å². The standard InChI is InChI=1S/C12H14BrFN2O2/c1-7(2)16(6-11(15)17)12(18)9-5-8(13)3-4-10(9)14/h3-5,7H,6H2,1-2H3,(H2,15,17). The summed E-state index contributed by atoms with van der Waals surface area (Å²) in [5.41, 5.74) is 5.00. The average Bonchev–Trinajstić information content (AvgIpc) is 2.27. The van der Waals surface area contributed by atoms with Gasteiger partial charge in [0.1, 0.15) is 5.82 Å².